The molecule has 1 aliphatic rings. The van der Waals surface area contributed by atoms with Gasteiger partial charge in [-0.05, 0) is 12.8 Å². The second-order valence-electron chi connectivity index (χ2n) is 7.00. The summed E-state index contributed by atoms with van der Waals surface area (Å²) in [7, 11) is 0. The van der Waals surface area contributed by atoms with Gasteiger partial charge in [0.2, 0.25) is 5.89 Å². The van der Waals surface area contributed by atoms with Gasteiger partial charge in [0.25, 0.3) is 5.22 Å². The number of thiazole rings is 1. The molecular weight excluding hydrogens is 404 g/mol. The van der Waals surface area contributed by atoms with Crippen molar-refractivity contribution in [3.8, 4) is 17.3 Å². The van der Waals surface area contributed by atoms with E-state index in [9.17, 15) is 10.1 Å². The number of carbonyl (C=O) groups is 1. The van der Waals surface area contributed by atoms with E-state index in [2.05, 4.69) is 21.3 Å². The number of Topliss-reactive ketones (excluding diaryl/α,β-unsaturated/α-hetero) is 1. The number of aromatic nitrogens is 3. The molecule has 3 aromatic rings. The first-order valence-corrected chi connectivity index (χ1v) is 11.5. The van der Waals surface area contributed by atoms with Crippen LogP contribution in [-0.4, -0.2) is 26.7 Å². The molecule has 2 aromatic heterocycles. The highest BCUT2D eigenvalue weighted by molar-refractivity contribution is 7.99. The standard InChI is InChI=1S/C21H20N4O2S2/c22-11-16(20-23-17(12-28-20)14-7-3-1-4-8-14)18(26)13-29-21-25-24-19(27-21)15-9-5-2-6-10-15/h1,3-4,7-8,12,15-16H,2,5-6,9-10,13H2/t16-/m1/s1. The summed E-state index contributed by atoms with van der Waals surface area (Å²) in [5, 5.41) is 20.5. The van der Waals surface area contributed by atoms with E-state index >= 15 is 0 Å². The molecule has 0 aliphatic heterocycles. The molecule has 0 amide bonds. The van der Waals surface area contributed by atoms with Crippen LogP contribution in [0.2, 0.25) is 0 Å². The summed E-state index contributed by atoms with van der Waals surface area (Å²) in [5.41, 5.74) is 1.75. The van der Waals surface area contributed by atoms with Crippen LogP contribution >= 0.6 is 23.1 Å². The molecule has 1 aliphatic carbocycles. The molecule has 2 heterocycles. The number of hydrogen-bond acceptors (Lipinski definition) is 8. The van der Waals surface area contributed by atoms with Crippen LogP contribution in [0.3, 0.4) is 0 Å². The van der Waals surface area contributed by atoms with Gasteiger partial charge < -0.3 is 4.42 Å². The summed E-state index contributed by atoms with van der Waals surface area (Å²) < 4.78 is 5.75. The lowest BCUT2D eigenvalue weighted by Crippen LogP contribution is -2.13. The van der Waals surface area contributed by atoms with Gasteiger partial charge in [0.1, 0.15) is 5.01 Å². The highest BCUT2D eigenvalue weighted by atomic mass is 32.2. The topological polar surface area (TPSA) is 92.7 Å². The molecule has 0 bridgehead atoms. The number of benzene rings is 1. The monoisotopic (exact) mass is 424 g/mol. The summed E-state index contributed by atoms with van der Waals surface area (Å²) in [6, 6.07) is 11.8. The smallest absolute Gasteiger partial charge is 0.277 e. The van der Waals surface area contributed by atoms with Gasteiger partial charge in [-0.25, -0.2) is 4.98 Å². The SMILES string of the molecule is N#C[C@H](C(=O)CSc1nnc(C2CCCCC2)o1)c1nc(-c2ccccc2)cs1. The van der Waals surface area contributed by atoms with E-state index in [-0.39, 0.29) is 11.5 Å². The maximum atomic E-state index is 12.6. The van der Waals surface area contributed by atoms with Crippen LogP contribution in [0.5, 0.6) is 0 Å². The first kappa shape index (κ1) is 19.8. The third-order valence-corrected chi connectivity index (χ3v) is 6.75. The van der Waals surface area contributed by atoms with Crippen LogP contribution in [0.1, 0.15) is 54.8 Å². The van der Waals surface area contributed by atoms with E-state index in [1.807, 2.05) is 35.7 Å². The predicted molar refractivity (Wildman–Crippen MR) is 112 cm³/mol. The normalized spacial score (nSPS) is 15.7. The maximum Gasteiger partial charge on any atom is 0.277 e. The van der Waals surface area contributed by atoms with E-state index in [0.717, 1.165) is 24.1 Å². The molecule has 148 valence electrons. The summed E-state index contributed by atoms with van der Waals surface area (Å²) in [6.07, 6.45) is 5.80. The fourth-order valence-corrected chi connectivity index (χ4v) is 5.00. The van der Waals surface area contributed by atoms with Gasteiger partial charge in [0, 0.05) is 16.9 Å². The Bertz CT molecular complexity index is 1000. The number of carbonyl (C=O) groups excluding carboxylic acids is 1. The van der Waals surface area contributed by atoms with E-state index in [0.29, 0.717) is 22.0 Å². The fourth-order valence-electron chi connectivity index (χ4n) is 3.44. The van der Waals surface area contributed by atoms with Crippen LogP contribution in [0.25, 0.3) is 11.3 Å². The van der Waals surface area contributed by atoms with Gasteiger partial charge in [-0.3, -0.25) is 4.79 Å². The number of ketones is 1. The Morgan fingerprint density at radius 1 is 1.24 bits per heavy atom. The molecule has 29 heavy (non-hydrogen) atoms. The first-order valence-electron chi connectivity index (χ1n) is 9.64. The van der Waals surface area contributed by atoms with Crippen molar-refractivity contribution in [2.45, 2.75) is 49.2 Å². The van der Waals surface area contributed by atoms with E-state index < -0.39 is 5.92 Å². The number of rotatable bonds is 7. The van der Waals surface area contributed by atoms with Gasteiger partial charge in [0.05, 0.1) is 17.5 Å². The highest BCUT2D eigenvalue weighted by Gasteiger charge is 2.26. The van der Waals surface area contributed by atoms with Crippen molar-refractivity contribution in [3.63, 3.8) is 0 Å². The molecule has 0 saturated heterocycles. The van der Waals surface area contributed by atoms with Gasteiger partial charge in [0.15, 0.2) is 11.7 Å². The van der Waals surface area contributed by atoms with Gasteiger partial charge >= 0.3 is 0 Å². The molecule has 8 heteroatoms. The Balaban J connectivity index is 1.38. The van der Waals surface area contributed by atoms with Gasteiger partial charge in [-0.15, -0.1) is 21.5 Å². The zero-order valence-electron chi connectivity index (χ0n) is 15.8. The molecule has 0 spiro atoms. The molecule has 4 rings (SSSR count). The predicted octanol–water partition coefficient (Wildman–Crippen LogP) is 5.21. The summed E-state index contributed by atoms with van der Waals surface area (Å²) in [4.78, 5) is 17.1. The van der Waals surface area contributed by atoms with E-state index in [1.165, 1.54) is 42.4 Å². The first-order chi connectivity index (χ1) is 14.2. The minimum Gasteiger partial charge on any atom is -0.416 e. The lowest BCUT2D eigenvalue weighted by atomic mass is 9.89. The fraction of sp³-hybridized carbons (Fsp3) is 0.381. The van der Waals surface area contributed by atoms with Crippen molar-refractivity contribution in [1.29, 1.82) is 5.26 Å². The Hall–Kier alpha value is -2.50. The molecule has 0 N–H and O–H groups in total. The Labute approximate surface area is 177 Å². The number of thioether (sulfide) groups is 1. The number of nitriles is 1. The molecule has 1 aromatic carbocycles. The summed E-state index contributed by atoms with van der Waals surface area (Å²) in [6.45, 7) is 0. The van der Waals surface area contributed by atoms with Crippen molar-refractivity contribution < 1.29 is 9.21 Å². The van der Waals surface area contributed by atoms with Gasteiger partial charge in [-0.1, -0.05) is 61.4 Å². The molecule has 1 atom stereocenters. The quantitative estimate of drug-likeness (QED) is 0.481. The van der Waals surface area contributed by atoms with Crippen molar-refractivity contribution in [2.24, 2.45) is 0 Å². The van der Waals surface area contributed by atoms with Crippen LogP contribution in [0, 0.1) is 11.3 Å². The van der Waals surface area contributed by atoms with Gasteiger partial charge in [-0.2, -0.15) is 5.26 Å². The second-order valence-corrected chi connectivity index (χ2v) is 8.81. The average Bonchev–Trinajstić information content (AvgIpc) is 3.44. The lowest BCUT2D eigenvalue weighted by molar-refractivity contribution is -0.116. The van der Waals surface area contributed by atoms with Crippen molar-refractivity contribution in [3.05, 3.63) is 46.6 Å². The molecule has 0 unspecified atom stereocenters. The average molecular weight is 425 g/mol. The highest BCUT2D eigenvalue weighted by Crippen LogP contribution is 2.33. The minimum atomic E-state index is -0.884. The zero-order valence-corrected chi connectivity index (χ0v) is 17.4. The molecular formula is C21H20N4O2S2. The van der Waals surface area contributed by atoms with Crippen LogP contribution in [0.4, 0.5) is 0 Å². The summed E-state index contributed by atoms with van der Waals surface area (Å²) in [5.74, 6) is 0.0171. The third-order valence-electron chi connectivity index (χ3n) is 5.00. The van der Waals surface area contributed by atoms with E-state index in [1.54, 1.807) is 0 Å². The maximum absolute atomic E-state index is 12.6. The minimum absolute atomic E-state index is 0.102. The Morgan fingerprint density at radius 2 is 2.03 bits per heavy atom. The molecule has 6 nitrogen and oxygen atoms in total. The van der Waals surface area contributed by atoms with Crippen molar-refractivity contribution in [1.82, 2.24) is 15.2 Å². The lowest BCUT2D eigenvalue weighted by Gasteiger charge is -2.17. The van der Waals surface area contributed by atoms with Crippen LogP contribution in [-0.2, 0) is 4.79 Å². The molecule has 1 fully saturated rings. The second kappa shape index (κ2) is 9.33. The summed E-state index contributed by atoms with van der Waals surface area (Å²) >= 11 is 2.53. The zero-order chi connectivity index (χ0) is 20.1. The Kier molecular flexibility index (Phi) is 6.37. The molecule has 1 saturated carbocycles. The largest absolute Gasteiger partial charge is 0.416 e. The Morgan fingerprint density at radius 3 is 2.79 bits per heavy atom. The number of nitrogens with zero attached hydrogens (tertiary/aromatic N) is 4. The number of hydrogen-bond donors (Lipinski definition) is 0. The van der Waals surface area contributed by atoms with Crippen LogP contribution < -0.4 is 0 Å². The molecule has 0 radical (unpaired) electrons. The van der Waals surface area contributed by atoms with Crippen LogP contribution in [0.15, 0.2) is 45.4 Å². The van der Waals surface area contributed by atoms with E-state index in [4.69, 9.17) is 4.42 Å². The van der Waals surface area contributed by atoms with Crippen molar-refractivity contribution >= 4 is 28.9 Å². The van der Waals surface area contributed by atoms with Crippen molar-refractivity contribution in [2.75, 3.05) is 5.75 Å². The third kappa shape index (κ3) is 4.74.